The number of carbonyl (C=O) groups excluding carboxylic acids is 3. The fraction of sp³-hybridized carbons (Fsp3) is 0.500. The number of carboxylic acids is 2. The smallest absolute Gasteiger partial charge is 0.326 e. The summed E-state index contributed by atoms with van der Waals surface area (Å²) in [5.74, 6) is -4.19. The summed E-state index contributed by atoms with van der Waals surface area (Å²) in [4.78, 5) is 60.2. The van der Waals surface area contributed by atoms with E-state index in [0.29, 0.717) is 5.75 Å². The number of nitrogens with two attached hydrogens (primary N) is 1. The molecule has 0 fully saturated rings. The molecular formula is C22H32N4O7S2. The summed E-state index contributed by atoms with van der Waals surface area (Å²) in [6.45, 7) is 0. The van der Waals surface area contributed by atoms with Crippen LogP contribution >= 0.6 is 24.4 Å². The van der Waals surface area contributed by atoms with Gasteiger partial charge in [0.05, 0.1) is 6.04 Å². The Kier molecular flexibility index (Phi) is 13.8. The van der Waals surface area contributed by atoms with Crippen molar-refractivity contribution in [3.8, 4) is 0 Å². The van der Waals surface area contributed by atoms with Crippen molar-refractivity contribution in [2.45, 2.75) is 49.9 Å². The van der Waals surface area contributed by atoms with Crippen LogP contribution in [0.1, 0.15) is 24.8 Å². The standard InChI is InChI=1S/C22H32N4O7S2/c1-35-10-9-15(20(30)25-16(22(32)33)7-8-18(27)28)24-21(31)17(12-34)26-19(29)14(23)11-13-5-3-2-4-6-13/h2-6,14-17,34H,7-12,23H2,1H3,(H,24,31)(H,25,30)(H,26,29)(H,27,28)(H,32,33). The van der Waals surface area contributed by atoms with Crippen molar-refractivity contribution in [3.05, 3.63) is 35.9 Å². The number of amides is 3. The number of rotatable bonds is 16. The van der Waals surface area contributed by atoms with Crippen LogP contribution in [-0.2, 0) is 30.4 Å². The number of aliphatic carboxylic acids is 2. The van der Waals surface area contributed by atoms with Crippen LogP contribution in [0.5, 0.6) is 0 Å². The van der Waals surface area contributed by atoms with E-state index in [-0.39, 0.29) is 25.0 Å². The molecule has 3 amide bonds. The van der Waals surface area contributed by atoms with Crippen molar-refractivity contribution in [2.75, 3.05) is 17.8 Å². The zero-order valence-electron chi connectivity index (χ0n) is 19.3. The van der Waals surface area contributed by atoms with Crippen LogP contribution in [-0.4, -0.2) is 81.8 Å². The Morgan fingerprint density at radius 2 is 1.49 bits per heavy atom. The van der Waals surface area contributed by atoms with Gasteiger partial charge in [-0.15, -0.1) is 0 Å². The molecule has 0 aliphatic heterocycles. The zero-order chi connectivity index (χ0) is 26.4. The topological polar surface area (TPSA) is 188 Å². The van der Waals surface area contributed by atoms with Gasteiger partial charge >= 0.3 is 11.9 Å². The largest absolute Gasteiger partial charge is 0.481 e. The highest BCUT2D eigenvalue weighted by molar-refractivity contribution is 7.98. The van der Waals surface area contributed by atoms with Crippen molar-refractivity contribution in [1.82, 2.24) is 16.0 Å². The lowest BCUT2D eigenvalue weighted by Gasteiger charge is -2.24. The number of hydrogen-bond acceptors (Lipinski definition) is 8. The highest BCUT2D eigenvalue weighted by atomic mass is 32.2. The number of thioether (sulfide) groups is 1. The molecule has 1 rings (SSSR count). The van der Waals surface area contributed by atoms with Gasteiger partial charge in [-0.05, 0) is 36.8 Å². The van der Waals surface area contributed by atoms with Crippen LogP contribution in [0.25, 0.3) is 0 Å². The Labute approximate surface area is 213 Å². The van der Waals surface area contributed by atoms with E-state index >= 15 is 0 Å². The molecule has 0 bridgehead atoms. The molecule has 0 aliphatic rings. The van der Waals surface area contributed by atoms with Gasteiger partial charge in [-0.25, -0.2) is 4.79 Å². The minimum atomic E-state index is -1.43. The fourth-order valence-corrected chi connectivity index (χ4v) is 3.74. The van der Waals surface area contributed by atoms with Crippen molar-refractivity contribution in [1.29, 1.82) is 0 Å². The second kappa shape index (κ2) is 16.0. The van der Waals surface area contributed by atoms with E-state index in [1.54, 1.807) is 6.26 Å². The van der Waals surface area contributed by atoms with Crippen molar-refractivity contribution in [2.24, 2.45) is 5.73 Å². The molecule has 0 saturated carbocycles. The molecule has 4 unspecified atom stereocenters. The summed E-state index contributed by atoms with van der Waals surface area (Å²) in [6.07, 6.45) is 1.49. The van der Waals surface area contributed by atoms with Crippen LogP contribution in [0.3, 0.4) is 0 Å². The van der Waals surface area contributed by atoms with E-state index in [1.807, 2.05) is 30.3 Å². The molecule has 4 atom stereocenters. The van der Waals surface area contributed by atoms with Gasteiger partial charge in [-0.1, -0.05) is 30.3 Å². The first-order valence-electron chi connectivity index (χ1n) is 10.8. The zero-order valence-corrected chi connectivity index (χ0v) is 21.0. The van der Waals surface area contributed by atoms with E-state index in [9.17, 15) is 29.1 Å². The molecule has 1 aromatic carbocycles. The molecule has 7 N–H and O–H groups in total. The van der Waals surface area contributed by atoms with Gasteiger partial charge in [0.15, 0.2) is 0 Å². The van der Waals surface area contributed by atoms with Gasteiger partial charge in [0, 0.05) is 12.2 Å². The number of benzene rings is 1. The number of hydrogen-bond donors (Lipinski definition) is 7. The van der Waals surface area contributed by atoms with Crippen molar-refractivity contribution in [3.63, 3.8) is 0 Å². The molecule has 11 nitrogen and oxygen atoms in total. The molecule has 0 aromatic heterocycles. The van der Waals surface area contributed by atoms with Crippen LogP contribution in [0.4, 0.5) is 0 Å². The van der Waals surface area contributed by atoms with Crippen molar-refractivity contribution < 1.29 is 34.2 Å². The van der Waals surface area contributed by atoms with Gasteiger partial charge in [-0.2, -0.15) is 24.4 Å². The van der Waals surface area contributed by atoms with Crippen LogP contribution in [0, 0.1) is 0 Å². The highest BCUT2D eigenvalue weighted by Crippen LogP contribution is 2.06. The lowest BCUT2D eigenvalue weighted by atomic mass is 10.1. The maximum absolute atomic E-state index is 12.8. The van der Waals surface area contributed by atoms with Crippen LogP contribution in [0.2, 0.25) is 0 Å². The first-order chi connectivity index (χ1) is 16.6. The molecule has 35 heavy (non-hydrogen) atoms. The van der Waals surface area contributed by atoms with Gasteiger partial charge in [-0.3, -0.25) is 19.2 Å². The molecule has 194 valence electrons. The lowest BCUT2D eigenvalue weighted by Crippen LogP contribution is -2.58. The minimum absolute atomic E-state index is 0.0666. The van der Waals surface area contributed by atoms with Crippen LogP contribution < -0.4 is 21.7 Å². The molecule has 13 heteroatoms. The predicted octanol–water partition coefficient (Wildman–Crippen LogP) is -0.357. The Bertz CT molecular complexity index is 873. The van der Waals surface area contributed by atoms with Crippen LogP contribution in [0.15, 0.2) is 30.3 Å². The van der Waals surface area contributed by atoms with E-state index in [2.05, 4.69) is 28.6 Å². The highest BCUT2D eigenvalue weighted by Gasteiger charge is 2.30. The van der Waals surface area contributed by atoms with Gasteiger partial charge in [0.1, 0.15) is 18.1 Å². The quantitative estimate of drug-likeness (QED) is 0.141. The Morgan fingerprint density at radius 1 is 0.914 bits per heavy atom. The summed E-state index contributed by atoms with van der Waals surface area (Å²) in [5, 5.41) is 25.4. The van der Waals surface area contributed by atoms with Gasteiger partial charge < -0.3 is 31.9 Å². The van der Waals surface area contributed by atoms with E-state index < -0.39 is 60.2 Å². The second-order valence-electron chi connectivity index (χ2n) is 7.71. The SMILES string of the molecule is CSCCC(NC(=O)C(CS)NC(=O)C(N)Cc1ccccc1)C(=O)NC(CCC(=O)O)C(=O)O. The molecule has 0 radical (unpaired) electrons. The second-order valence-corrected chi connectivity index (χ2v) is 9.07. The summed E-state index contributed by atoms with van der Waals surface area (Å²) >= 11 is 5.53. The Balaban J connectivity index is 2.81. The first-order valence-corrected chi connectivity index (χ1v) is 12.9. The summed E-state index contributed by atoms with van der Waals surface area (Å²) in [5.41, 5.74) is 6.82. The minimum Gasteiger partial charge on any atom is -0.481 e. The normalized spacial score (nSPS) is 14.1. The molecule has 0 spiro atoms. The lowest BCUT2D eigenvalue weighted by molar-refractivity contribution is -0.143. The number of carboxylic acid groups (broad SMARTS) is 2. The molecule has 0 saturated heterocycles. The van der Waals surface area contributed by atoms with Gasteiger partial charge in [0.25, 0.3) is 0 Å². The Hall–Kier alpha value is -2.77. The third-order valence-corrected chi connectivity index (χ3v) is 5.96. The molecule has 0 aliphatic carbocycles. The van der Waals surface area contributed by atoms with E-state index in [0.717, 1.165) is 5.56 Å². The molecule has 1 aromatic rings. The average Bonchev–Trinajstić information content (AvgIpc) is 2.82. The number of thiol groups is 1. The third-order valence-electron chi connectivity index (χ3n) is 4.96. The average molecular weight is 529 g/mol. The summed E-state index contributed by atoms with van der Waals surface area (Å²) < 4.78 is 0. The third kappa shape index (κ3) is 11.5. The maximum Gasteiger partial charge on any atom is 0.326 e. The predicted molar refractivity (Wildman–Crippen MR) is 135 cm³/mol. The van der Waals surface area contributed by atoms with Gasteiger partial charge in [0.2, 0.25) is 17.7 Å². The van der Waals surface area contributed by atoms with E-state index in [1.165, 1.54) is 11.8 Å². The Morgan fingerprint density at radius 3 is 2.03 bits per heavy atom. The molecule has 0 heterocycles. The maximum atomic E-state index is 12.8. The van der Waals surface area contributed by atoms with Crippen molar-refractivity contribution >= 4 is 54.1 Å². The monoisotopic (exact) mass is 528 g/mol. The summed E-state index contributed by atoms with van der Waals surface area (Å²) in [6, 6.07) is 4.61. The molecular weight excluding hydrogens is 496 g/mol. The first kappa shape index (κ1) is 30.3. The summed E-state index contributed by atoms with van der Waals surface area (Å²) in [7, 11) is 0. The number of carbonyl (C=O) groups is 5. The van der Waals surface area contributed by atoms with E-state index in [4.69, 9.17) is 10.8 Å². The fourth-order valence-electron chi connectivity index (χ4n) is 3.01. The number of nitrogens with one attached hydrogen (secondary N) is 3.